The topological polar surface area (TPSA) is 51.2 Å². The maximum atomic E-state index is 13.8. The highest BCUT2D eigenvalue weighted by molar-refractivity contribution is 7.13. The van der Waals surface area contributed by atoms with Crippen molar-refractivity contribution in [1.29, 1.82) is 0 Å². The van der Waals surface area contributed by atoms with Gasteiger partial charge in [0.15, 0.2) is 0 Å². The van der Waals surface area contributed by atoms with Crippen molar-refractivity contribution < 1.29 is 13.9 Å². The summed E-state index contributed by atoms with van der Waals surface area (Å²) in [5, 5.41) is 5.44. The van der Waals surface area contributed by atoms with Crippen LogP contribution in [0.4, 0.5) is 4.39 Å². The van der Waals surface area contributed by atoms with Crippen LogP contribution in [0.2, 0.25) is 0 Å². The van der Waals surface area contributed by atoms with Crippen LogP contribution in [0.1, 0.15) is 11.3 Å². The second-order valence-electron chi connectivity index (χ2n) is 5.75. The Bertz CT molecular complexity index is 878. The number of hydrogen-bond donors (Lipinski definition) is 1. The van der Waals surface area contributed by atoms with Gasteiger partial charge >= 0.3 is 0 Å². The molecule has 0 fully saturated rings. The molecule has 1 amide bonds. The first kappa shape index (κ1) is 18.1. The molecule has 2 aromatic carbocycles. The maximum Gasteiger partial charge on any atom is 0.224 e. The molecular formula is C20H19FN2O2S. The predicted octanol–water partition coefficient (Wildman–Crippen LogP) is 3.86. The molecule has 0 saturated carbocycles. The van der Waals surface area contributed by atoms with Gasteiger partial charge in [-0.3, -0.25) is 4.79 Å². The van der Waals surface area contributed by atoms with E-state index in [2.05, 4.69) is 10.3 Å². The number of amides is 1. The van der Waals surface area contributed by atoms with E-state index in [1.807, 2.05) is 29.6 Å². The molecule has 3 rings (SSSR count). The van der Waals surface area contributed by atoms with Crippen LogP contribution in [-0.2, 0) is 17.6 Å². The lowest BCUT2D eigenvalue weighted by atomic mass is 10.1. The number of thiazole rings is 1. The summed E-state index contributed by atoms with van der Waals surface area (Å²) in [6.07, 6.45) is 0.931. The minimum Gasteiger partial charge on any atom is -0.497 e. The van der Waals surface area contributed by atoms with Crippen molar-refractivity contribution in [1.82, 2.24) is 10.3 Å². The number of halogens is 1. The second kappa shape index (κ2) is 8.58. The fraction of sp³-hybridized carbons (Fsp3) is 0.200. The number of nitrogens with zero attached hydrogens (tertiary/aromatic N) is 1. The van der Waals surface area contributed by atoms with Crippen LogP contribution in [0, 0.1) is 5.82 Å². The van der Waals surface area contributed by atoms with Crippen LogP contribution < -0.4 is 10.1 Å². The third kappa shape index (κ3) is 4.67. The highest BCUT2D eigenvalue weighted by Crippen LogP contribution is 2.26. The fourth-order valence-corrected chi connectivity index (χ4v) is 3.38. The Morgan fingerprint density at radius 2 is 1.96 bits per heavy atom. The lowest BCUT2D eigenvalue weighted by molar-refractivity contribution is -0.120. The van der Waals surface area contributed by atoms with E-state index in [1.165, 1.54) is 17.4 Å². The van der Waals surface area contributed by atoms with Gasteiger partial charge in [-0.05, 0) is 29.8 Å². The van der Waals surface area contributed by atoms with Crippen molar-refractivity contribution in [3.05, 3.63) is 71.0 Å². The Morgan fingerprint density at radius 1 is 1.19 bits per heavy atom. The van der Waals surface area contributed by atoms with Gasteiger partial charge in [-0.1, -0.05) is 24.3 Å². The molecule has 0 unspecified atom stereocenters. The van der Waals surface area contributed by atoms with Crippen LogP contribution in [0.3, 0.4) is 0 Å². The smallest absolute Gasteiger partial charge is 0.224 e. The summed E-state index contributed by atoms with van der Waals surface area (Å²) >= 11 is 1.41. The molecule has 0 aliphatic carbocycles. The number of carbonyl (C=O) groups excluding carboxylic acids is 1. The Balaban J connectivity index is 1.49. The van der Waals surface area contributed by atoms with Crippen LogP contribution in [0.15, 0.2) is 53.9 Å². The van der Waals surface area contributed by atoms with Crippen LogP contribution in [0.5, 0.6) is 5.75 Å². The average molecular weight is 370 g/mol. The molecule has 134 valence electrons. The highest BCUT2D eigenvalue weighted by Gasteiger charge is 2.09. The Hall–Kier alpha value is -2.73. The van der Waals surface area contributed by atoms with Gasteiger partial charge in [-0.2, -0.15) is 0 Å². The molecule has 1 heterocycles. The number of aromatic nitrogens is 1. The summed E-state index contributed by atoms with van der Waals surface area (Å²) < 4.78 is 18.9. The molecule has 0 aliphatic heterocycles. The largest absolute Gasteiger partial charge is 0.497 e. The fourth-order valence-electron chi connectivity index (χ4n) is 2.50. The van der Waals surface area contributed by atoms with Crippen LogP contribution in [-0.4, -0.2) is 24.5 Å². The van der Waals surface area contributed by atoms with E-state index in [-0.39, 0.29) is 11.7 Å². The summed E-state index contributed by atoms with van der Waals surface area (Å²) in [5.41, 5.74) is 2.28. The SMILES string of the molecule is COc1ccc(CC(=O)NCCc2csc(-c3ccccc3F)n2)cc1. The lowest BCUT2D eigenvalue weighted by Crippen LogP contribution is -2.27. The standard InChI is InChI=1S/C20H19FN2O2S/c1-25-16-8-6-14(7-9-16)12-19(24)22-11-10-15-13-26-20(23-15)17-4-2-3-5-18(17)21/h2-9,13H,10-12H2,1H3,(H,22,24). The third-order valence-electron chi connectivity index (χ3n) is 3.88. The van der Waals surface area contributed by atoms with Crippen LogP contribution >= 0.6 is 11.3 Å². The predicted molar refractivity (Wildman–Crippen MR) is 101 cm³/mol. The van der Waals surface area contributed by atoms with Crippen molar-refractivity contribution in [2.24, 2.45) is 0 Å². The summed E-state index contributed by atoms with van der Waals surface area (Å²) in [6, 6.07) is 14.0. The van der Waals surface area contributed by atoms with Crippen molar-refractivity contribution in [3.63, 3.8) is 0 Å². The average Bonchev–Trinajstić information content (AvgIpc) is 3.11. The van der Waals surface area contributed by atoms with Gasteiger partial charge in [-0.25, -0.2) is 9.37 Å². The highest BCUT2D eigenvalue weighted by atomic mass is 32.1. The number of rotatable bonds is 7. The molecule has 0 atom stereocenters. The Morgan fingerprint density at radius 3 is 2.69 bits per heavy atom. The first-order chi connectivity index (χ1) is 12.7. The van der Waals surface area contributed by atoms with Gasteiger partial charge < -0.3 is 10.1 Å². The van der Waals surface area contributed by atoms with E-state index >= 15 is 0 Å². The van der Waals surface area contributed by atoms with E-state index in [0.717, 1.165) is 17.0 Å². The molecule has 6 heteroatoms. The molecule has 1 N–H and O–H groups in total. The Labute approximate surface area is 155 Å². The first-order valence-electron chi connectivity index (χ1n) is 8.24. The summed E-state index contributed by atoms with van der Waals surface area (Å²) in [4.78, 5) is 16.5. The zero-order valence-corrected chi connectivity index (χ0v) is 15.2. The summed E-state index contributed by atoms with van der Waals surface area (Å²) in [5.74, 6) is 0.448. The number of benzene rings is 2. The molecule has 26 heavy (non-hydrogen) atoms. The van der Waals surface area contributed by atoms with Crippen molar-refractivity contribution >= 4 is 17.2 Å². The quantitative estimate of drug-likeness (QED) is 0.687. The van der Waals surface area contributed by atoms with E-state index < -0.39 is 0 Å². The molecule has 0 spiro atoms. The molecule has 4 nitrogen and oxygen atoms in total. The molecule has 0 bridgehead atoms. The van der Waals surface area contributed by atoms with Crippen LogP contribution in [0.25, 0.3) is 10.6 Å². The van der Waals surface area contributed by atoms with Gasteiger partial charge in [0.2, 0.25) is 5.91 Å². The first-order valence-corrected chi connectivity index (χ1v) is 9.12. The maximum absolute atomic E-state index is 13.8. The molecule has 3 aromatic rings. The van der Waals surface area contributed by atoms with Gasteiger partial charge in [0, 0.05) is 23.9 Å². The van der Waals surface area contributed by atoms with Crippen molar-refractivity contribution in [2.45, 2.75) is 12.8 Å². The molecule has 1 aromatic heterocycles. The third-order valence-corrected chi connectivity index (χ3v) is 4.81. The number of methoxy groups -OCH3 is 1. The summed E-state index contributed by atoms with van der Waals surface area (Å²) in [6.45, 7) is 0.495. The van der Waals surface area contributed by atoms with Gasteiger partial charge in [0.05, 0.1) is 19.2 Å². The monoisotopic (exact) mass is 370 g/mol. The zero-order valence-electron chi connectivity index (χ0n) is 14.4. The Kier molecular flexibility index (Phi) is 5.96. The number of ether oxygens (including phenoxy) is 1. The normalized spacial score (nSPS) is 10.5. The van der Waals surface area contributed by atoms with Crippen molar-refractivity contribution in [3.8, 4) is 16.3 Å². The summed E-state index contributed by atoms with van der Waals surface area (Å²) in [7, 11) is 1.61. The van der Waals surface area contributed by atoms with Gasteiger partial charge in [-0.15, -0.1) is 11.3 Å². The van der Waals surface area contributed by atoms with Gasteiger partial charge in [0.1, 0.15) is 16.6 Å². The number of carbonyl (C=O) groups is 1. The van der Waals surface area contributed by atoms with E-state index in [9.17, 15) is 9.18 Å². The lowest BCUT2D eigenvalue weighted by Gasteiger charge is -2.05. The van der Waals surface area contributed by atoms with E-state index in [1.54, 1.807) is 25.3 Å². The second-order valence-corrected chi connectivity index (χ2v) is 6.61. The number of nitrogens with one attached hydrogen (secondary N) is 1. The molecule has 0 radical (unpaired) electrons. The van der Waals surface area contributed by atoms with Gasteiger partial charge in [0.25, 0.3) is 0 Å². The minimum absolute atomic E-state index is 0.0419. The van der Waals surface area contributed by atoms with E-state index in [4.69, 9.17) is 4.74 Å². The molecule has 0 saturated heterocycles. The molecular weight excluding hydrogens is 351 g/mol. The van der Waals surface area contributed by atoms with Crippen molar-refractivity contribution in [2.75, 3.05) is 13.7 Å². The minimum atomic E-state index is -0.277. The zero-order chi connectivity index (χ0) is 18.4. The molecule has 0 aliphatic rings. The number of hydrogen-bond acceptors (Lipinski definition) is 4. The van der Waals surface area contributed by atoms with E-state index in [0.29, 0.717) is 30.0 Å².